The molecule has 33 heavy (non-hydrogen) atoms. The van der Waals surface area contributed by atoms with Crippen LogP contribution in [0.2, 0.25) is 5.02 Å². The van der Waals surface area contributed by atoms with Crippen LogP contribution in [-0.2, 0) is 4.57 Å². The zero-order valence-corrected chi connectivity index (χ0v) is 20.2. The van der Waals surface area contributed by atoms with Gasteiger partial charge in [-0.3, -0.25) is 9.24 Å². The molecule has 5 rings (SSSR count). The fourth-order valence-corrected chi connectivity index (χ4v) is 6.53. The van der Waals surface area contributed by atoms with Gasteiger partial charge in [0, 0.05) is 23.3 Å². The van der Waals surface area contributed by atoms with E-state index >= 15 is 0 Å². The van der Waals surface area contributed by atoms with Crippen LogP contribution >= 0.6 is 19.0 Å². The third-order valence-corrected chi connectivity index (χ3v) is 8.87. The zero-order valence-electron chi connectivity index (χ0n) is 18.5. The largest absolute Gasteiger partial charge is 0.317 e. The maximum Gasteiger partial charge on any atom is 0.296 e. The molecular formula is C25H23ClN5OP. The first-order chi connectivity index (χ1) is 15.9. The number of fused-ring (bicyclic) bond motifs is 1. The van der Waals surface area contributed by atoms with Crippen LogP contribution in [0.5, 0.6) is 0 Å². The van der Waals surface area contributed by atoms with Crippen LogP contribution < -0.4 is 10.4 Å². The number of aliphatic imine (C=N–C) groups is 1. The van der Waals surface area contributed by atoms with E-state index in [0.29, 0.717) is 33.4 Å². The van der Waals surface area contributed by atoms with Crippen molar-refractivity contribution < 1.29 is 4.57 Å². The van der Waals surface area contributed by atoms with E-state index in [1.54, 1.807) is 22.5 Å². The molecule has 2 heterocycles. The van der Waals surface area contributed by atoms with E-state index in [9.17, 15) is 4.57 Å². The van der Waals surface area contributed by atoms with Gasteiger partial charge in [0.05, 0.1) is 11.4 Å². The second kappa shape index (κ2) is 8.22. The Morgan fingerprint density at radius 2 is 1.61 bits per heavy atom. The van der Waals surface area contributed by atoms with Gasteiger partial charge in [0.2, 0.25) is 0 Å². The molecule has 0 saturated carbocycles. The van der Waals surface area contributed by atoms with Gasteiger partial charge in [0.25, 0.3) is 7.44 Å². The van der Waals surface area contributed by atoms with Crippen LogP contribution in [0.4, 0.5) is 11.5 Å². The number of hydrogen-bond acceptors (Lipinski definition) is 3. The first-order valence-corrected chi connectivity index (χ1v) is 12.6. The predicted octanol–water partition coefficient (Wildman–Crippen LogP) is 6.10. The first kappa shape index (κ1) is 21.5. The summed E-state index contributed by atoms with van der Waals surface area (Å²) in [6.07, 6.45) is 0. The number of para-hydroxylation sites is 1. The van der Waals surface area contributed by atoms with Gasteiger partial charge in [0.1, 0.15) is 11.1 Å². The molecule has 4 aromatic rings. The molecule has 166 valence electrons. The molecule has 1 N–H and O–H groups in total. The molecule has 0 fully saturated rings. The fraction of sp³-hybridized carbons (Fsp3) is 0.120. The Morgan fingerprint density at radius 1 is 0.939 bits per heavy atom. The van der Waals surface area contributed by atoms with Crippen LogP contribution in [0.3, 0.4) is 0 Å². The van der Waals surface area contributed by atoms with E-state index in [1.165, 1.54) is 0 Å². The summed E-state index contributed by atoms with van der Waals surface area (Å²) in [7, 11) is -1.60. The third-order valence-electron chi connectivity index (χ3n) is 5.73. The number of halogens is 1. The van der Waals surface area contributed by atoms with E-state index in [1.807, 2.05) is 86.6 Å². The van der Waals surface area contributed by atoms with Gasteiger partial charge in [-0.25, -0.2) is 9.67 Å². The quantitative estimate of drug-likeness (QED) is 0.362. The lowest BCUT2D eigenvalue weighted by molar-refractivity contribution is 0.553. The normalized spacial score (nSPS) is 17.5. The van der Waals surface area contributed by atoms with Gasteiger partial charge in [-0.1, -0.05) is 66.2 Å². The van der Waals surface area contributed by atoms with Gasteiger partial charge in [-0.2, -0.15) is 5.10 Å². The highest BCUT2D eigenvalue weighted by molar-refractivity contribution is 7.72. The van der Waals surface area contributed by atoms with Crippen molar-refractivity contribution in [2.24, 2.45) is 4.99 Å². The minimum Gasteiger partial charge on any atom is -0.317 e. The molecule has 6 nitrogen and oxygen atoms in total. The number of rotatable bonds is 4. The second-order valence-electron chi connectivity index (χ2n) is 7.98. The van der Waals surface area contributed by atoms with Crippen molar-refractivity contribution >= 4 is 41.7 Å². The van der Waals surface area contributed by atoms with E-state index in [-0.39, 0.29) is 0 Å². The predicted molar refractivity (Wildman–Crippen MR) is 136 cm³/mol. The molecule has 0 unspecified atom stereocenters. The topological polar surface area (TPSA) is 62.5 Å². The summed E-state index contributed by atoms with van der Waals surface area (Å²) in [6, 6.07) is 25.1. The Labute approximate surface area is 198 Å². The number of aryl methyl sites for hydroxylation is 2. The number of aromatic nitrogens is 2. The van der Waals surface area contributed by atoms with Crippen LogP contribution in [0.1, 0.15) is 16.8 Å². The lowest BCUT2D eigenvalue weighted by Gasteiger charge is -2.35. The van der Waals surface area contributed by atoms with Crippen LogP contribution in [0.25, 0.3) is 5.69 Å². The average molecular weight is 476 g/mol. The summed E-state index contributed by atoms with van der Waals surface area (Å²) in [6.45, 7) is 3.80. The van der Waals surface area contributed by atoms with Gasteiger partial charge in [0.15, 0.2) is 5.82 Å². The van der Waals surface area contributed by atoms with Crippen molar-refractivity contribution in [1.82, 2.24) is 14.5 Å². The van der Waals surface area contributed by atoms with Gasteiger partial charge in [-0.15, -0.1) is 0 Å². The van der Waals surface area contributed by atoms with Crippen molar-refractivity contribution in [3.05, 3.63) is 101 Å². The molecule has 0 saturated heterocycles. The number of nitrogens with zero attached hydrogens (tertiary/aromatic N) is 4. The highest BCUT2D eigenvalue weighted by atomic mass is 35.5. The fourth-order valence-electron chi connectivity index (χ4n) is 3.97. The van der Waals surface area contributed by atoms with Gasteiger partial charge >= 0.3 is 0 Å². The molecule has 0 spiro atoms. The van der Waals surface area contributed by atoms with Gasteiger partial charge < -0.3 is 5.09 Å². The third kappa shape index (κ3) is 3.65. The molecule has 0 bridgehead atoms. The van der Waals surface area contributed by atoms with Crippen molar-refractivity contribution in [3.63, 3.8) is 0 Å². The standard InChI is InChI=1S/C25H23ClN5OP/c1-17-14-15-20(16-22(17)26)29-33(32)23-18(2)28-31(21-12-8-5-9-13-21)25(23)27-24(30(33)3)19-10-6-4-7-11-19/h4-16H,1-3H3,(H,29,32)/t33-/m0/s1. The minimum absolute atomic E-state index is 0.560. The van der Waals surface area contributed by atoms with Crippen molar-refractivity contribution in [1.29, 1.82) is 0 Å². The highest BCUT2D eigenvalue weighted by Crippen LogP contribution is 2.54. The molecule has 1 atom stereocenters. The lowest BCUT2D eigenvalue weighted by atomic mass is 10.2. The number of benzene rings is 3. The van der Waals surface area contributed by atoms with Crippen LogP contribution in [0, 0.1) is 13.8 Å². The summed E-state index contributed by atoms with van der Waals surface area (Å²) >= 11 is 6.37. The Kier molecular flexibility index (Phi) is 5.35. The lowest BCUT2D eigenvalue weighted by Crippen LogP contribution is -2.36. The average Bonchev–Trinajstić information content (AvgIpc) is 3.17. The Hall–Kier alpha value is -3.34. The van der Waals surface area contributed by atoms with E-state index in [4.69, 9.17) is 21.7 Å². The maximum absolute atomic E-state index is 14.8. The first-order valence-electron chi connectivity index (χ1n) is 10.6. The summed E-state index contributed by atoms with van der Waals surface area (Å²) in [5.41, 5.74) is 4.01. The summed E-state index contributed by atoms with van der Waals surface area (Å²) in [4.78, 5) is 4.97. The molecule has 1 aliphatic rings. The molecular weight excluding hydrogens is 453 g/mol. The Morgan fingerprint density at radius 3 is 2.27 bits per heavy atom. The molecule has 0 aliphatic carbocycles. The molecule has 3 aromatic carbocycles. The summed E-state index contributed by atoms with van der Waals surface area (Å²) < 4.78 is 18.3. The van der Waals surface area contributed by atoms with Crippen molar-refractivity contribution in [3.8, 4) is 5.69 Å². The zero-order chi connectivity index (χ0) is 23.2. The molecule has 0 radical (unpaired) electrons. The smallest absolute Gasteiger partial charge is 0.296 e. The van der Waals surface area contributed by atoms with Crippen molar-refractivity contribution in [2.75, 3.05) is 12.1 Å². The minimum atomic E-state index is -3.40. The molecule has 0 amide bonds. The van der Waals surface area contributed by atoms with Crippen LogP contribution in [-0.4, -0.2) is 27.3 Å². The molecule has 1 aliphatic heterocycles. The molecule has 8 heteroatoms. The number of amidine groups is 1. The van der Waals surface area contributed by atoms with Gasteiger partial charge in [-0.05, 0) is 43.7 Å². The monoisotopic (exact) mass is 475 g/mol. The highest BCUT2D eigenvalue weighted by Gasteiger charge is 2.43. The Balaban J connectivity index is 1.74. The summed E-state index contributed by atoms with van der Waals surface area (Å²) in [5, 5.41) is 9.24. The molecule has 1 aromatic heterocycles. The number of nitrogens with one attached hydrogen (secondary N) is 1. The number of anilines is 1. The van der Waals surface area contributed by atoms with E-state index in [0.717, 1.165) is 16.8 Å². The SMILES string of the molecule is Cc1ccc(N[P@@]2(=O)c3c(C)nn(-c4ccccc4)c3N=C(c3ccccc3)N2C)cc1Cl. The van der Waals surface area contributed by atoms with E-state index < -0.39 is 7.44 Å². The maximum atomic E-state index is 14.8. The van der Waals surface area contributed by atoms with Crippen molar-refractivity contribution in [2.45, 2.75) is 13.8 Å². The van der Waals surface area contributed by atoms with Crippen LogP contribution in [0.15, 0.2) is 83.9 Å². The number of hydrogen-bond donors (Lipinski definition) is 1. The summed E-state index contributed by atoms with van der Waals surface area (Å²) in [5.74, 6) is 1.17. The van der Waals surface area contributed by atoms with E-state index in [2.05, 4.69) is 5.09 Å². The second-order valence-corrected chi connectivity index (χ2v) is 10.8. The Bertz CT molecular complexity index is 1420.